The van der Waals surface area contributed by atoms with Gasteiger partial charge in [0.05, 0.1) is 0 Å². The molecule has 0 amide bonds. The Morgan fingerprint density at radius 3 is 1.90 bits per heavy atom. The first-order valence-electron chi connectivity index (χ1n) is 2.57. The van der Waals surface area contributed by atoms with Crippen molar-refractivity contribution in [1.82, 2.24) is 0 Å². The summed E-state index contributed by atoms with van der Waals surface area (Å²) >= 11 is 0. The van der Waals surface area contributed by atoms with Crippen molar-refractivity contribution in [1.29, 1.82) is 0 Å². The van der Waals surface area contributed by atoms with Crippen LogP contribution < -0.4 is 4.89 Å². The first kappa shape index (κ1) is 6.70. The lowest BCUT2D eigenvalue weighted by molar-refractivity contribution is -0.137. The van der Waals surface area contributed by atoms with Crippen LogP contribution in [0.25, 0.3) is 0 Å². The maximum absolute atomic E-state index is 8.77. The minimum Gasteiger partial charge on any atom is -0.508 e. The highest BCUT2D eigenvalue weighted by molar-refractivity contribution is 5.39. The zero-order valence-corrected chi connectivity index (χ0v) is 4.98. The second-order valence-corrected chi connectivity index (χ2v) is 1.78. The standard InChI is InChI=1S/C6H6O4/c7-4-1-5(8)3-6(2-4)10-9/h1-3,7-9H. The fraction of sp³-hybridized carbons (Fsp3) is 0. The predicted octanol–water partition coefficient (Wildman–Crippen LogP) is 0.950. The lowest BCUT2D eigenvalue weighted by Gasteiger charge is -1.97. The van der Waals surface area contributed by atoms with Crippen molar-refractivity contribution in [3.63, 3.8) is 0 Å². The molecule has 0 saturated heterocycles. The second-order valence-electron chi connectivity index (χ2n) is 1.78. The first-order chi connectivity index (χ1) is 4.72. The van der Waals surface area contributed by atoms with Crippen LogP contribution in [0.4, 0.5) is 0 Å². The van der Waals surface area contributed by atoms with Crippen LogP contribution >= 0.6 is 0 Å². The summed E-state index contributed by atoms with van der Waals surface area (Å²) in [6, 6.07) is 3.46. The molecule has 0 saturated carbocycles. The summed E-state index contributed by atoms with van der Waals surface area (Å²) < 4.78 is 0. The summed E-state index contributed by atoms with van der Waals surface area (Å²) in [4.78, 5) is 3.76. The van der Waals surface area contributed by atoms with E-state index in [1.165, 1.54) is 12.1 Å². The van der Waals surface area contributed by atoms with Gasteiger partial charge in [0.2, 0.25) is 0 Å². The quantitative estimate of drug-likeness (QED) is 0.403. The van der Waals surface area contributed by atoms with Gasteiger partial charge in [-0.25, -0.2) is 5.26 Å². The van der Waals surface area contributed by atoms with Crippen molar-refractivity contribution >= 4 is 0 Å². The summed E-state index contributed by atoms with van der Waals surface area (Å²) in [6.07, 6.45) is 0. The highest BCUT2D eigenvalue weighted by atomic mass is 17.1. The Morgan fingerprint density at radius 1 is 1.00 bits per heavy atom. The van der Waals surface area contributed by atoms with Crippen molar-refractivity contribution in [2.75, 3.05) is 0 Å². The molecular weight excluding hydrogens is 136 g/mol. The molecule has 0 aliphatic heterocycles. The van der Waals surface area contributed by atoms with Gasteiger partial charge in [-0.15, -0.1) is 0 Å². The van der Waals surface area contributed by atoms with Crippen LogP contribution in [0.15, 0.2) is 18.2 Å². The Morgan fingerprint density at radius 2 is 1.50 bits per heavy atom. The smallest absolute Gasteiger partial charge is 0.172 e. The van der Waals surface area contributed by atoms with Crippen molar-refractivity contribution < 1.29 is 20.4 Å². The van der Waals surface area contributed by atoms with E-state index in [4.69, 9.17) is 15.5 Å². The third kappa shape index (κ3) is 1.29. The topological polar surface area (TPSA) is 69.9 Å². The minimum atomic E-state index is -0.163. The fourth-order valence-electron chi connectivity index (χ4n) is 0.621. The summed E-state index contributed by atoms with van der Waals surface area (Å²) in [5.74, 6) is -0.328. The van der Waals surface area contributed by atoms with Gasteiger partial charge >= 0.3 is 0 Å². The zero-order valence-electron chi connectivity index (χ0n) is 4.98. The maximum atomic E-state index is 8.77. The van der Waals surface area contributed by atoms with E-state index in [0.29, 0.717) is 0 Å². The number of rotatable bonds is 1. The molecule has 0 atom stereocenters. The van der Waals surface area contributed by atoms with Crippen LogP contribution in [0.1, 0.15) is 0 Å². The van der Waals surface area contributed by atoms with Crippen molar-refractivity contribution in [3.05, 3.63) is 18.2 Å². The molecule has 3 N–H and O–H groups in total. The number of aromatic hydroxyl groups is 2. The normalized spacial score (nSPS) is 9.30. The third-order valence-corrected chi connectivity index (χ3v) is 0.981. The lowest BCUT2D eigenvalue weighted by atomic mass is 10.3. The van der Waals surface area contributed by atoms with E-state index in [1.807, 2.05) is 0 Å². The molecule has 1 aromatic rings. The average Bonchev–Trinajstić information content (AvgIpc) is 1.85. The Kier molecular flexibility index (Phi) is 1.64. The van der Waals surface area contributed by atoms with Crippen LogP contribution in [0, 0.1) is 0 Å². The molecule has 0 radical (unpaired) electrons. The summed E-state index contributed by atoms with van der Waals surface area (Å²) in [5, 5.41) is 25.6. The Labute approximate surface area is 56.9 Å². The highest BCUT2D eigenvalue weighted by Gasteiger charge is 1.97. The molecule has 0 fully saturated rings. The number of hydrogen-bond donors (Lipinski definition) is 3. The largest absolute Gasteiger partial charge is 0.508 e. The van der Waals surface area contributed by atoms with E-state index < -0.39 is 0 Å². The van der Waals surface area contributed by atoms with Gasteiger partial charge in [-0.1, -0.05) is 0 Å². The van der Waals surface area contributed by atoms with Crippen LogP contribution in [0.2, 0.25) is 0 Å². The monoisotopic (exact) mass is 142 g/mol. The number of hydrogen-bond acceptors (Lipinski definition) is 4. The van der Waals surface area contributed by atoms with Crippen LogP contribution in [0.5, 0.6) is 17.2 Å². The average molecular weight is 142 g/mol. The Hall–Kier alpha value is -1.42. The van der Waals surface area contributed by atoms with Crippen LogP contribution in [-0.2, 0) is 0 Å². The number of benzene rings is 1. The zero-order chi connectivity index (χ0) is 7.56. The van der Waals surface area contributed by atoms with E-state index >= 15 is 0 Å². The van der Waals surface area contributed by atoms with E-state index in [-0.39, 0.29) is 17.2 Å². The summed E-state index contributed by atoms with van der Waals surface area (Å²) in [6.45, 7) is 0. The predicted molar refractivity (Wildman–Crippen MR) is 33.0 cm³/mol. The Balaban J connectivity index is 3.06. The molecule has 0 aliphatic carbocycles. The molecule has 4 heteroatoms. The van der Waals surface area contributed by atoms with Crippen LogP contribution in [-0.4, -0.2) is 15.5 Å². The molecule has 0 bridgehead atoms. The van der Waals surface area contributed by atoms with Crippen molar-refractivity contribution in [3.8, 4) is 17.2 Å². The highest BCUT2D eigenvalue weighted by Crippen LogP contribution is 2.24. The van der Waals surface area contributed by atoms with E-state index in [1.54, 1.807) is 0 Å². The summed E-state index contributed by atoms with van der Waals surface area (Å²) in [7, 11) is 0. The van der Waals surface area contributed by atoms with Crippen molar-refractivity contribution in [2.45, 2.75) is 0 Å². The van der Waals surface area contributed by atoms with Gasteiger partial charge in [0.1, 0.15) is 11.5 Å². The molecule has 0 heterocycles. The molecule has 4 nitrogen and oxygen atoms in total. The molecule has 0 aromatic heterocycles. The van der Waals surface area contributed by atoms with Gasteiger partial charge < -0.3 is 15.1 Å². The molecule has 10 heavy (non-hydrogen) atoms. The van der Waals surface area contributed by atoms with E-state index in [9.17, 15) is 0 Å². The third-order valence-electron chi connectivity index (χ3n) is 0.981. The Bertz CT molecular complexity index is 213. The molecule has 1 rings (SSSR count). The van der Waals surface area contributed by atoms with Crippen molar-refractivity contribution in [2.24, 2.45) is 0 Å². The molecular formula is C6H6O4. The van der Waals surface area contributed by atoms with Gasteiger partial charge in [0.15, 0.2) is 5.75 Å². The maximum Gasteiger partial charge on any atom is 0.172 e. The minimum absolute atomic E-state index is 0.00231. The first-order valence-corrected chi connectivity index (χ1v) is 2.57. The van der Waals surface area contributed by atoms with E-state index in [2.05, 4.69) is 4.89 Å². The fourth-order valence-corrected chi connectivity index (χ4v) is 0.621. The van der Waals surface area contributed by atoms with Gasteiger partial charge in [-0.3, -0.25) is 0 Å². The molecule has 0 aliphatic rings. The van der Waals surface area contributed by atoms with Gasteiger partial charge in [0.25, 0.3) is 0 Å². The molecule has 0 spiro atoms. The van der Waals surface area contributed by atoms with Crippen LogP contribution in [0.3, 0.4) is 0 Å². The lowest BCUT2D eigenvalue weighted by Crippen LogP contribution is -1.81. The molecule has 1 aromatic carbocycles. The SMILES string of the molecule is OOc1cc(O)cc(O)c1. The second kappa shape index (κ2) is 2.45. The van der Waals surface area contributed by atoms with Gasteiger partial charge in [-0.2, -0.15) is 0 Å². The molecule has 54 valence electrons. The number of phenols is 2. The molecule has 0 unspecified atom stereocenters. The summed E-state index contributed by atoms with van der Waals surface area (Å²) in [5.41, 5.74) is 0. The number of phenolic OH excluding ortho intramolecular Hbond substituents is 2. The van der Waals surface area contributed by atoms with Gasteiger partial charge in [0, 0.05) is 18.2 Å². The van der Waals surface area contributed by atoms with E-state index in [0.717, 1.165) is 6.07 Å². The van der Waals surface area contributed by atoms with Gasteiger partial charge in [-0.05, 0) is 0 Å².